The number of nitrogens with zero attached hydrogens (tertiary/aromatic N) is 2. The molecule has 3 aromatic rings. The number of rotatable bonds is 5. The number of hydrogen-bond donors (Lipinski definition) is 1. The SMILES string of the molecule is CN(C)CCn1c(=O)oc2ccc(NC(=O)C3OCCc4ccccc43)cc21. The van der Waals surface area contributed by atoms with Crippen LogP contribution in [0.1, 0.15) is 17.2 Å². The van der Waals surface area contributed by atoms with E-state index in [0.717, 1.165) is 17.5 Å². The molecule has 1 unspecified atom stereocenters. The maximum Gasteiger partial charge on any atom is 0.419 e. The Morgan fingerprint density at radius 3 is 2.89 bits per heavy atom. The van der Waals surface area contributed by atoms with Crippen molar-refractivity contribution >= 4 is 22.7 Å². The van der Waals surface area contributed by atoms with Crippen LogP contribution in [-0.4, -0.2) is 42.6 Å². The molecular formula is C21H23N3O4. The van der Waals surface area contributed by atoms with Crippen LogP contribution in [0.15, 0.2) is 51.7 Å². The highest BCUT2D eigenvalue weighted by Gasteiger charge is 2.27. The van der Waals surface area contributed by atoms with Crippen LogP contribution in [0.4, 0.5) is 5.69 Å². The molecule has 0 fully saturated rings. The predicted octanol–water partition coefficient (Wildman–Crippen LogP) is 2.41. The van der Waals surface area contributed by atoms with Crippen molar-refractivity contribution in [3.05, 3.63) is 64.1 Å². The monoisotopic (exact) mass is 381 g/mol. The lowest BCUT2D eigenvalue weighted by atomic mass is 9.97. The molecule has 1 aliphatic rings. The van der Waals surface area contributed by atoms with E-state index in [2.05, 4.69) is 5.32 Å². The molecule has 0 saturated heterocycles. The van der Waals surface area contributed by atoms with E-state index in [4.69, 9.17) is 9.15 Å². The Balaban J connectivity index is 1.59. The van der Waals surface area contributed by atoms with Gasteiger partial charge in [-0.3, -0.25) is 9.36 Å². The number of oxazole rings is 1. The number of likely N-dealkylation sites (N-methyl/N-ethyl adjacent to an activating group) is 1. The fourth-order valence-electron chi connectivity index (χ4n) is 3.47. The van der Waals surface area contributed by atoms with Crippen molar-refractivity contribution in [3.63, 3.8) is 0 Å². The molecule has 1 amide bonds. The first kappa shape index (κ1) is 18.5. The molecule has 1 atom stereocenters. The molecule has 0 saturated carbocycles. The molecule has 7 nitrogen and oxygen atoms in total. The van der Waals surface area contributed by atoms with Gasteiger partial charge in [0.25, 0.3) is 5.91 Å². The lowest BCUT2D eigenvalue weighted by Crippen LogP contribution is -2.28. The van der Waals surface area contributed by atoms with E-state index in [0.29, 0.717) is 36.5 Å². The van der Waals surface area contributed by atoms with Crippen molar-refractivity contribution in [1.29, 1.82) is 0 Å². The number of carbonyl (C=O) groups is 1. The molecule has 7 heteroatoms. The molecule has 0 bridgehead atoms. The van der Waals surface area contributed by atoms with Crippen LogP contribution in [0, 0.1) is 0 Å². The quantitative estimate of drug-likeness (QED) is 0.734. The molecule has 1 aromatic heterocycles. The van der Waals surface area contributed by atoms with Gasteiger partial charge in [-0.25, -0.2) is 4.79 Å². The second-order valence-electron chi connectivity index (χ2n) is 7.19. The predicted molar refractivity (Wildman–Crippen MR) is 106 cm³/mol. The second kappa shape index (κ2) is 7.61. The minimum atomic E-state index is -0.638. The maximum atomic E-state index is 12.8. The van der Waals surface area contributed by atoms with Crippen molar-refractivity contribution in [1.82, 2.24) is 9.47 Å². The number of hydrogen-bond acceptors (Lipinski definition) is 5. The Hall–Kier alpha value is -2.90. The fraction of sp³-hybridized carbons (Fsp3) is 0.333. The minimum Gasteiger partial charge on any atom is -0.408 e. The fourth-order valence-corrected chi connectivity index (χ4v) is 3.47. The van der Waals surface area contributed by atoms with Crippen molar-refractivity contribution in [3.8, 4) is 0 Å². The largest absolute Gasteiger partial charge is 0.419 e. The zero-order valence-corrected chi connectivity index (χ0v) is 16.0. The normalized spacial score (nSPS) is 16.3. The van der Waals surface area contributed by atoms with Gasteiger partial charge in [0.1, 0.15) is 0 Å². The lowest BCUT2D eigenvalue weighted by molar-refractivity contribution is -0.128. The standard InChI is InChI=1S/C21H23N3O4/c1-23(2)10-11-24-17-13-15(7-8-18(17)28-21(24)26)22-20(25)19-16-6-4-3-5-14(16)9-12-27-19/h3-8,13,19H,9-12H2,1-2H3,(H,22,25). The first-order valence-corrected chi connectivity index (χ1v) is 9.31. The van der Waals surface area contributed by atoms with Crippen LogP contribution in [0.2, 0.25) is 0 Å². The summed E-state index contributed by atoms with van der Waals surface area (Å²) in [5, 5.41) is 2.91. The molecule has 0 radical (unpaired) electrons. The van der Waals surface area contributed by atoms with Gasteiger partial charge in [-0.1, -0.05) is 24.3 Å². The van der Waals surface area contributed by atoms with E-state index < -0.39 is 11.9 Å². The highest BCUT2D eigenvalue weighted by molar-refractivity contribution is 5.96. The van der Waals surface area contributed by atoms with Crippen molar-refractivity contribution in [2.75, 3.05) is 32.6 Å². The highest BCUT2D eigenvalue weighted by atomic mass is 16.5. The summed E-state index contributed by atoms with van der Waals surface area (Å²) in [5.41, 5.74) is 3.80. The van der Waals surface area contributed by atoms with Crippen molar-refractivity contribution < 1.29 is 13.9 Å². The number of anilines is 1. The number of nitrogens with one attached hydrogen (secondary N) is 1. The van der Waals surface area contributed by atoms with E-state index in [9.17, 15) is 9.59 Å². The van der Waals surface area contributed by atoms with Gasteiger partial charge in [0.05, 0.1) is 12.1 Å². The average Bonchev–Trinajstić information content (AvgIpc) is 3.00. The molecule has 4 rings (SSSR count). The number of amides is 1. The molecular weight excluding hydrogens is 358 g/mol. The summed E-state index contributed by atoms with van der Waals surface area (Å²) in [6, 6.07) is 13.0. The van der Waals surface area contributed by atoms with Gasteiger partial charge in [0.15, 0.2) is 11.7 Å². The van der Waals surface area contributed by atoms with Gasteiger partial charge in [-0.2, -0.15) is 0 Å². The Morgan fingerprint density at radius 1 is 1.25 bits per heavy atom. The molecule has 2 aromatic carbocycles. The van der Waals surface area contributed by atoms with Gasteiger partial charge in [-0.05, 0) is 49.8 Å². The number of aromatic nitrogens is 1. The first-order valence-electron chi connectivity index (χ1n) is 9.31. The Kier molecular flexibility index (Phi) is 5.02. The summed E-state index contributed by atoms with van der Waals surface area (Å²) in [6.45, 7) is 1.73. The Labute approximate surface area is 162 Å². The van der Waals surface area contributed by atoms with Crippen LogP contribution < -0.4 is 11.1 Å². The zero-order valence-electron chi connectivity index (χ0n) is 16.0. The molecule has 1 aliphatic heterocycles. The lowest BCUT2D eigenvalue weighted by Gasteiger charge is -2.25. The van der Waals surface area contributed by atoms with E-state index in [1.165, 1.54) is 0 Å². The maximum absolute atomic E-state index is 12.8. The van der Waals surface area contributed by atoms with Crippen molar-refractivity contribution in [2.45, 2.75) is 19.1 Å². The number of benzene rings is 2. The van der Waals surface area contributed by atoms with Gasteiger partial charge < -0.3 is 19.4 Å². The summed E-state index contributed by atoms with van der Waals surface area (Å²) < 4.78 is 12.6. The van der Waals surface area contributed by atoms with Crippen LogP contribution in [0.25, 0.3) is 11.1 Å². The average molecular weight is 381 g/mol. The van der Waals surface area contributed by atoms with Crippen molar-refractivity contribution in [2.24, 2.45) is 0 Å². The van der Waals surface area contributed by atoms with Gasteiger partial charge in [0.2, 0.25) is 0 Å². The van der Waals surface area contributed by atoms with Crippen LogP contribution in [0.3, 0.4) is 0 Å². The van der Waals surface area contributed by atoms with E-state index in [1.54, 1.807) is 22.8 Å². The molecule has 1 N–H and O–H groups in total. The van der Waals surface area contributed by atoms with E-state index in [-0.39, 0.29) is 5.91 Å². The number of ether oxygens (including phenoxy) is 1. The number of carbonyl (C=O) groups excluding carboxylic acids is 1. The Morgan fingerprint density at radius 2 is 2.07 bits per heavy atom. The van der Waals surface area contributed by atoms with Crippen LogP contribution >= 0.6 is 0 Å². The summed E-state index contributed by atoms with van der Waals surface area (Å²) in [5.74, 6) is -0.623. The van der Waals surface area contributed by atoms with E-state index in [1.807, 2.05) is 43.3 Å². The minimum absolute atomic E-state index is 0.225. The van der Waals surface area contributed by atoms with E-state index >= 15 is 0 Å². The third-order valence-corrected chi connectivity index (χ3v) is 4.94. The Bertz CT molecular complexity index is 1070. The molecule has 28 heavy (non-hydrogen) atoms. The molecule has 2 heterocycles. The van der Waals surface area contributed by atoms with Crippen LogP contribution in [0.5, 0.6) is 0 Å². The summed E-state index contributed by atoms with van der Waals surface area (Å²) in [4.78, 5) is 27.0. The van der Waals surface area contributed by atoms with Crippen LogP contribution in [-0.2, 0) is 22.5 Å². The topological polar surface area (TPSA) is 76.7 Å². The van der Waals surface area contributed by atoms with Gasteiger partial charge >= 0.3 is 5.76 Å². The first-order chi connectivity index (χ1) is 13.5. The summed E-state index contributed by atoms with van der Waals surface area (Å²) in [7, 11) is 3.89. The molecule has 0 aliphatic carbocycles. The van der Waals surface area contributed by atoms with Gasteiger partial charge in [-0.15, -0.1) is 0 Å². The molecule has 146 valence electrons. The van der Waals surface area contributed by atoms with Gasteiger partial charge in [0, 0.05) is 18.8 Å². The zero-order chi connectivity index (χ0) is 19.7. The molecule has 0 spiro atoms. The highest BCUT2D eigenvalue weighted by Crippen LogP contribution is 2.28. The third-order valence-electron chi connectivity index (χ3n) is 4.94. The summed E-state index contributed by atoms with van der Waals surface area (Å²) >= 11 is 0. The third kappa shape index (κ3) is 3.58. The smallest absolute Gasteiger partial charge is 0.408 e. The number of fused-ring (bicyclic) bond motifs is 2. The second-order valence-corrected chi connectivity index (χ2v) is 7.19. The summed E-state index contributed by atoms with van der Waals surface area (Å²) in [6.07, 6.45) is 0.167.